The molecular weight excluding hydrogens is 317 g/mol. The average molecular weight is 335 g/mol. The molecule has 0 aliphatic carbocycles. The van der Waals surface area contributed by atoms with Crippen molar-refractivity contribution >= 4 is 29.9 Å². The largest absolute Gasteiger partial charge is 0.370 e. The van der Waals surface area contributed by atoms with Crippen LogP contribution in [-0.2, 0) is 6.54 Å². The summed E-state index contributed by atoms with van der Waals surface area (Å²) < 4.78 is 1.85. The van der Waals surface area contributed by atoms with E-state index >= 15 is 0 Å². The Kier molecular flexibility index (Phi) is 7.61. The Morgan fingerprint density at radius 3 is 3.06 bits per heavy atom. The first-order valence-corrected chi connectivity index (χ1v) is 4.86. The molecule has 0 atom stereocenters. The van der Waals surface area contributed by atoms with Crippen molar-refractivity contribution in [3.8, 4) is 0 Å². The number of hydrogen-bond acceptors (Lipinski definition) is 2. The molecule has 0 unspecified atom stereocenters. The van der Waals surface area contributed by atoms with E-state index in [9.17, 15) is 0 Å². The standard InChI is InChI=1S/C10H17N5.HI/c1-3-4-12-10(11)13-5-6-15-8-9(2)7-14-15;/h3,7-8H,1,4-6H2,2H3,(H3,11,12,13);1H. The maximum absolute atomic E-state index is 5.59. The second kappa shape index (κ2) is 8.14. The zero-order valence-electron chi connectivity index (χ0n) is 9.39. The van der Waals surface area contributed by atoms with Crippen molar-refractivity contribution in [1.29, 1.82) is 0 Å². The molecule has 0 saturated carbocycles. The van der Waals surface area contributed by atoms with E-state index in [-0.39, 0.29) is 24.0 Å². The average Bonchev–Trinajstić information content (AvgIpc) is 2.61. The Labute approximate surface area is 113 Å². The van der Waals surface area contributed by atoms with E-state index in [1.807, 2.05) is 24.0 Å². The molecule has 3 N–H and O–H groups in total. The molecule has 0 radical (unpaired) electrons. The summed E-state index contributed by atoms with van der Waals surface area (Å²) in [5.74, 6) is 0.443. The molecule has 1 rings (SSSR count). The van der Waals surface area contributed by atoms with Gasteiger partial charge in [0.2, 0.25) is 0 Å². The van der Waals surface area contributed by atoms with Crippen molar-refractivity contribution in [3.05, 3.63) is 30.6 Å². The minimum Gasteiger partial charge on any atom is -0.370 e. The van der Waals surface area contributed by atoms with Crippen LogP contribution in [0, 0.1) is 6.92 Å². The van der Waals surface area contributed by atoms with Crippen molar-refractivity contribution in [1.82, 2.24) is 15.1 Å². The first kappa shape index (κ1) is 15.0. The maximum Gasteiger partial charge on any atom is 0.188 e. The monoisotopic (exact) mass is 335 g/mol. The lowest BCUT2D eigenvalue weighted by Crippen LogP contribution is -2.32. The Balaban J connectivity index is 0.00000225. The van der Waals surface area contributed by atoms with Gasteiger partial charge in [-0.05, 0) is 12.5 Å². The third-order valence-corrected chi connectivity index (χ3v) is 1.80. The van der Waals surface area contributed by atoms with Gasteiger partial charge in [-0.1, -0.05) is 6.08 Å². The number of nitrogens with one attached hydrogen (secondary N) is 1. The Bertz CT molecular complexity index is 345. The fourth-order valence-corrected chi connectivity index (χ4v) is 1.09. The van der Waals surface area contributed by atoms with Gasteiger partial charge < -0.3 is 11.1 Å². The summed E-state index contributed by atoms with van der Waals surface area (Å²) in [6.45, 7) is 7.58. The lowest BCUT2D eigenvalue weighted by atomic mass is 10.4. The Morgan fingerprint density at radius 2 is 2.50 bits per heavy atom. The number of hydrogen-bond donors (Lipinski definition) is 2. The van der Waals surface area contributed by atoms with Crippen molar-refractivity contribution in [2.24, 2.45) is 10.7 Å². The molecule has 0 aromatic carbocycles. The molecule has 1 aromatic heterocycles. The predicted molar refractivity (Wildman–Crippen MR) is 77.1 cm³/mol. The van der Waals surface area contributed by atoms with Gasteiger partial charge in [-0.25, -0.2) is 0 Å². The Hall–Kier alpha value is -1.05. The van der Waals surface area contributed by atoms with Crippen LogP contribution in [0.25, 0.3) is 0 Å². The van der Waals surface area contributed by atoms with Crippen LogP contribution in [0.3, 0.4) is 0 Å². The van der Waals surface area contributed by atoms with E-state index in [0.717, 1.165) is 12.1 Å². The normalized spacial score (nSPS) is 10.7. The van der Waals surface area contributed by atoms with Crippen LogP contribution in [0.1, 0.15) is 5.56 Å². The van der Waals surface area contributed by atoms with Gasteiger partial charge in [0, 0.05) is 12.7 Å². The topological polar surface area (TPSA) is 68.2 Å². The first-order chi connectivity index (χ1) is 7.22. The number of nitrogens with two attached hydrogens (primary N) is 1. The van der Waals surface area contributed by atoms with Crippen molar-refractivity contribution in [2.45, 2.75) is 13.5 Å². The van der Waals surface area contributed by atoms with Crippen LogP contribution in [0.5, 0.6) is 0 Å². The summed E-state index contributed by atoms with van der Waals surface area (Å²) in [6, 6.07) is 0. The minimum atomic E-state index is 0. The summed E-state index contributed by atoms with van der Waals surface area (Å²) in [6.07, 6.45) is 5.53. The molecule has 0 aliphatic heterocycles. The van der Waals surface area contributed by atoms with Gasteiger partial charge >= 0.3 is 0 Å². The van der Waals surface area contributed by atoms with Crippen LogP contribution in [0.2, 0.25) is 0 Å². The number of aliphatic imine (C=N–C) groups is 1. The SMILES string of the molecule is C=CCNC(N)=NCCn1cc(C)cn1.I. The van der Waals surface area contributed by atoms with E-state index in [0.29, 0.717) is 19.0 Å². The maximum atomic E-state index is 5.59. The van der Waals surface area contributed by atoms with Crippen molar-refractivity contribution in [2.75, 3.05) is 13.1 Å². The fourth-order valence-electron chi connectivity index (χ4n) is 1.09. The number of nitrogens with zero attached hydrogens (tertiary/aromatic N) is 3. The highest BCUT2D eigenvalue weighted by atomic mass is 127. The quantitative estimate of drug-likeness (QED) is 0.364. The van der Waals surface area contributed by atoms with Gasteiger partial charge in [0.1, 0.15) is 0 Å². The van der Waals surface area contributed by atoms with Gasteiger partial charge in [-0.2, -0.15) is 5.10 Å². The van der Waals surface area contributed by atoms with Crippen LogP contribution in [0.15, 0.2) is 30.0 Å². The molecule has 90 valence electrons. The molecular formula is C10H18IN5. The summed E-state index contributed by atoms with van der Waals surface area (Å²) in [7, 11) is 0. The van der Waals surface area contributed by atoms with Gasteiger partial charge in [-0.15, -0.1) is 30.6 Å². The second-order valence-corrected chi connectivity index (χ2v) is 3.22. The van der Waals surface area contributed by atoms with Crippen LogP contribution in [-0.4, -0.2) is 28.8 Å². The molecule has 0 saturated heterocycles. The summed E-state index contributed by atoms with van der Waals surface area (Å²) in [5, 5.41) is 7.05. The molecule has 1 heterocycles. The molecule has 5 nitrogen and oxygen atoms in total. The zero-order chi connectivity index (χ0) is 11.1. The van der Waals surface area contributed by atoms with Crippen LogP contribution >= 0.6 is 24.0 Å². The number of guanidine groups is 1. The van der Waals surface area contributed by atoms with E-state index in [1.165, 1.54) is 0 Å². The number of rotatable bonds is 5. The summed E-state index contributed by atoms with van der Waals surface area (Å²) in [5.41, 5.74) is 6.74. The van der Waals surface area contributed by atoms with E-state index < -0.39 is 0 Å². The smallest absolute Gasteiger partial charge is 0.188 e. The lowest BCUT2D eigenvalue weighted by Gasteiger charge is -2.02. The minimum absolute atomic E-state index is 0. The molecule has 16 heavy (non-hydrogen) atoms. The van der Waals surface area contributed by atoms with Gasteiger partial charge in [-0.3, -0.25) is 9.67 Å². The van der Waals surface area contributed by atoms with Crippen LogP contribution < -0.4 is 11.1 Å². The molecule has 1 aromatic rings. The molecule has 0 bridgehead atoms. The third-order valence-electron chi connectivity index (χ3n) is 1.80. The van der Waals surface area contributed by atoms with Crippen LogP contribution in [0.4, 0.5) is 0 Å². The van der Waals surface area contributed by atoms with E-state index in [4.69, 9.17) is 5.73 Å². The summed E-state index contributed by atoms with van der Waals surface area (Å²) >= 11 is 0. The highest BCUT2D eigenvalue weighted by molar-refractivity contribution is 14.0. The van der Waals surface area contributed by atoms with Gasteiger partial charge in [0.05, 0.1) is 19.3 Å². The zero-order valence-corrected chi connectivity index (χ0v) is 11.7. The van der Waals surface area contributed by atoms with Gasteiger partial charge in [0.15, 0.2) is 5.96 Å². The van der Waals surface area contributed by atoms with E-state index in [1.54, 1.807) is 6.08 Å². The highest BCUT2D eigenvalue weighted by Crippen LogP contribution is 1.93. The Morgan fingerprint density at radius 1 is 1.75 bits per heavy atom. The van der Waals surface area contributed by atoms with Crippen molar-refractivity contribution < 1.29 is 0 Å². The first-order valence-electron chi connectivity index (χ1n) is 4.86. The third kappa shape index (κ3) is 5.74. The summed E-state index contributed by atoms with van der Waals surface area (Å²) in [4.78, 5) is 4.14. The lowest BCUT2D eigenvalue weighted by molar-refractivity contribution is 0.624. The molecule has 0 fully saturated rings. The second-order valence-electron chi connectivity index (χ2n) is 3.22. The predicted octanol–water partition coefficient (Wildman–Crippen LogP) is 0.900. The fraction of sp³-hybridized carbons (Fsp3) is 0.400. The number of aryl methyl sites for hydroxylation is 1. The highest BCUT2D eigenvalue weighted by Gasteiger charge is 1.93. The number of halogens is 1. The molecule has 6 heteroatoms. The van der Waals surface area contributed by atoms with E-state index in [2.05, 4.69) is 22.0 Å². The molecule has 0 spiro atoms. The van der Waals surface area contributed by atoms with Crippen molar-refractivity contribution in [3.63, 3.8) is 0 Å². The number of aromatic nitrogens is 2. The molecule has 0 amide bonds. The van der Waals surface area contributed by atoms with Gasteiger partial charge in [0.25, 0.3) is 0 Å². The molecule has 0 aliphatic rings.